The van der Waals surface area contributed by atoms with Gasteiger partial charge in [0.1, 0.15) is 5.75 Å². The quantitative estimate of drug-likeness (QED) is 0.830. The van der Waals surface area contributed by atoms with Crippen LogP contribution >= 0.6 is 0 Å². The molecule has 1 N–H and O–H groups in total. The van der Waals surface area contributed by atoms with Crippen molar-refractivity contribution in [2.75, 3.05) is 19.8 Å². The van der Waals surface area contributed by atoms with Gasteiger partial charge in [-0.1, -0.05) is 18.2 Å². The molecule has 1 aromatic carbocycles. The van der Waals surface area contributed by atoms with E-state index in [9.17, 15) is 4.79 Å². The van der Waals surface area contributed by atoms with Crippen LogP contribution in [-0.4, -0.2) is 41.7 Å². The standard InChI is InChI=1S/C16H23NO3/c1-13-5-2-3-8-15(13)20-12-9-16(19)17(10-11-18)14-6-4-7-14/h2-3,5,8,14,18H,4,6-7,9-12H2,1H3. The van der Waals surface area contributed by atoms with Gasteiger partial charge in [0, 0.05) is 12.6 Å². The minimum Gasteiger partial charge on any atom is -0.493 e. The summed E-state index contributed by atoms with van der Waals surface area (Å²) in [6.45, 7) is 2.84. The monoisotopic (exact) mass is 277 g/mol. The van der Waals surface area contributed by atoms with Gasteiger partial charge in [-0.25, -0.2) is 0 Å². The molecule has 1 fully saturated rings. The maximum atomic E-state index is 12.2. The summed E-state index contributed by atoms with van der Waals surface area (Å²) in [5, 5.41) is 9.07. The normalized spacial score (nSPS) is 14.7. The van der Waals surface area contributed by atoms with Crippen molar-refractivity contribution in [3.8, 4) is 5.75 Å². The van der Waals surface area contributed by atoms with E-state index < -0.39 is 0 Å². The second kappa shape index (κ2) is 7.29. The van der Waals surface area contributed by atoms with E-state index in [1.165, 1.54) is 6.42 Å². The third-order valence-corrected chi connectivity index (χ3v) is 3.84. The second-order valence-corrected chi connectivity index (χ2v) is 5.26. The van der Waals surface area contributed by atoms with Crippen molar-refractivity contribution in [3.05, 3.63) is 29.8 Å². The van der Waals surface area contributed by atoms with E-state index in [1.807, 2.05) is 36.1 Å². The molecule has 0 heterocycles. The van der Waals surface area contributed by atoms with Crippen LogP contribution in [0.5, 0.6) is 5.75 Å². The first-order valence-electron chi connectivity index (χ1n) is 7.31. The molecule has 1 aromatic rings. The molecule has 4 nitrogen and oxygen atoms in total. The zero-order chi connectivity index (χ0) is 14.4. The number of benzene rings is 1. The van der Waals surface area contributed by atoms with Crippen LogP contribution in [-0.2, 0) is 4.79 Å². The van der Waals surface area contributed by atoms with E-state index in [-0.39, 0.29) is 12.5 Å². The third-order valence-electron chi connectivity index (χ3n) is 3.84. The highest BCUT2D eigenvalue weighted by molar-refractivity contribution is 5.76. The van der Waals surface area contributed by atoms with Crippen LogP contribution < -0.4 is 4.74 Å². The first-order valence-corrected chi connectivity index (χ1v) is 7.31. The van der Waals surface area contributed by atoms with Crippen molar-refractivity contribution < 1.29 is 14.6 Å². The summed E-state index contributed by atoms with van der Waals surface area (Å²) in [4.78, 5) is 14.0. The van der Waals surface area contributed by atoms with E-state index in [2.05, 4.69) is 0 Å². The number of carbonyl (C=O) groups is 1. The van der Waals surface area contributed by atoms with Gasteiger partial charge in [-0.3, -0.25) is 4.79 Å². The molecule has 1 amide bonds. The Hall–Kier alpha value is -1.55. The fourth-order valence-electron chi connectivity index (χ4n) is 2.43. The zero-order valence-corrected chi connectivity index (χ0v) is 12.0. The second-order valence-electron chi connectivity index (χ2n) is 5.26. The highest BCUT2D eigenvalue weighted by Crippen LogP contribution is 2.25. The van der Waals surface area contributed by atoms with Gasteiger partial charge < -0.3 is 14.7 Å². The third kappa shape index (κ3) is 3.73. The Morgan fingerprint density at radius 2 is 2.15 bits per heavy atom. The van der Waals surface area contributed by atoms with Crippen molar-refractivity contribution in [2.24, 2.45) is 0 Å². The van der Waals surface area contributed by atoms with Gasteiger partial charge in [-0.2, -0.15) is 0 Å². The number of nitrogens with zero attached hydrogens (tertiary/aromatic N) is 1. The van der Waals surface area contributed by atoms with Crippen LogP contribution in [0.2, 0.25) is 0 Å². The van der Waals surface area contributed by atoms with Gasteiger partial charge in [-0.05, 0) is 37.8 Å². The van der Waals surface area contributed by atoms with E-state index in [0.717, 1.165) is 24.2 Å². The number of amides is 1. The molecule has 2 rings (SSSR count). The van der Waals surface area contributed by atoms with Gasteiger partial charge in [-0.15, -0.1) is 0 Å². The van der Waals surface area contributed by atoms with Crippen LogP contribution in [0.25, 0.3) is 0 Å². The predicted molar refractivity (Wildman–Crippen MR) is 77.7 cm³/mol. The highest BCUT2D eigenvalue weighted by Gasteiger charge is 2.27. The Kier molecular flexibility index (Phi) is 5.41. The molecule has 20 heavy (non-hydrogen) atoms. The topological polar surface area (TPSA) is 49.8 Å². The Morgan fingerprint density at radius 1 is 1.40 bits per heavy atom. The molecule has 4 heteroatoms. The molecule has 1 aliphatic carbocycles. The molecule has 0 unspecified atom stereocenters. The molecule has 0 saturated heterocycles. The van der Waals surface area contributed by atoms with Crippen LogP contribution in [0, 0.1) is 6.92 Å². The van der Waals surface area contributed by atoms with Crippen LogP contribution in [0.4, 0.5) is 0 Å². The minimum absolute atomic E-state index is 0.0287. The van der Waals surface area contributed by atoms with Crippen LogP contribution in [0.15, 0.2) is 24.3 Å². The molecule has 0 spiro atoms. The molecule has 0 radical (unpaired) electrons. The average molecular weight is 277 g/mol. The number of aliphatic hydroxyl groups is 1. The Balaban J connectivity index is 1.80. The van der Waals surface area contributed by atoms with Gasteiger partial charge in [0.25, 0.3) is 0 Å². The molecular weight excluding hydrogens is 254 g/mol. The van der Waals surface area contributed by atoms with Crippen molar-refractivity contribution in [1.29, 1.82) is 0 Å². The predicted octanol–water partition coefficient (Wildman–Crippen LogP) is 2.14. The number of hydrogen-bond donors (Lipinski definition) is 1. The van der Waals surface area contributed by atoms with E-state index in [0.29, 0.717) is 25.6 Å². The maximum Gasteiger partial charge on any atom is 0.226 e. The summed E-state index contributed by atoms with van der Waals surface area (Å²) in [5.41, 5.74) is 1.08. The average Bonchev–Trinajstić information content (AvgIpc) is 2.38. The van der Waals surface area contributed by atoms with Crippen LogP contribution in [0.1, 0.15) is 31.2 Å². The van der Waals surface area contributed by atoms with Crippen molar-refractivity contribution >= 4 is 5.91 Å². The van der Waals surface area contributed by atoms with Crippen molar-refractivity contribution in [2.45, 2.75) is 38.6 Å². The number of rotatable bonds is 7. The SMILES string of the molecule is Cc1ccccc1OCCC(=O)N(CCO)C1CCC1. The summed E-state index contributed by atoms with van der Waals surface area (Å²) in [7, 11) is 0. The van der Waals surface area contributed by atoms with E-state index >= 15 is 0 Å². The number of carbonyl (C=O) groups excluding carboxylic acids is 1. The van der Waals surface area contributed by atoms with Gasteiger partial charge in [0.2, 0.25) is 5.91 Å². The molecule has 0 aromatic heterocycles. The summed E-state index contributed by atoms with van der Waals surface area (Å²) < 4.78 is 5.66. The number of para-hydroxylation sites is 1. The first-order chi connectivity index (χ1) is 9.72. The molecule has 0 bridgehead atoms. The Bertz CT molecular complexity index is 443. The lowest BCUT2D eigenvalue weighted by atomic mass is 9.91. The van der Waals surface area contributed by atoms with E-state index in [4.69, 9.17) is 9.84 Å². The zero-order valence-electron chi connectivity index (χ0n) is 12.0. The summed E-state index contributed by atoms with van der Waals surface area (Å²) >= 11 is 0. The summed E-state index contributed by atoms with van der Waals surface area (Å²) in [5.74, 6) is 0.912. The Labute approximate surface area is 120 Å². The number of aryl methyl sites for hydroxylation is 1. The Morgan fingerprint density at radius 3 is 2.75 bits per heavy atom. The molecule has 1 saturated carbocycles. The summed E-state index contributed by atoms with van der Waals surface area (Å²) in [6, 6.07) is 8.12. The van der Waals surface area contributed by atoms with Crippen molar-refractivity contribution in [1.82, 2.24) is 4.90 Å². The largest absolute Gasteiger partial charge is 0.493 e. The highest BCUT2D eigenvalue weighted by atomic mass is 16.5. The lowest BCUT2D eigenvalue weighted by Crippen LogP contribution is -2.46. The van der Waals surface area contributed by atoms with Crippen LogP contribution in [0.3, 0.4) is 0 Å². The molecule has 0 aliphatic heterocycles. The summed E-state index contributed by atoms with van der Waals surface area (Å²) in [6.07, 6.45) is 3.67. The molecule has 1 aliphatic rings. The maximum absolute atomic E-state index is 12.2. The van der Waals surface area contributed by atoms with E-state index in [1.54, 1.807) is 0 Å². The fraction of sp³-hybridized carbons (Fsp3) is 0.562. The molecule has 0 atom stereocenters. The lowest BCUT2D eigenvalue weighted by Gasteiger charge is -2.37. The van der Waals surface area contributed by atoms with Gasteiger partial charge in [0.15, 0.2) is 0 Å². The number of aliphatic hydroxyl groups excluding tert-OH is 1. The first kappa shape index (κ1) is 14.9. The number of hydrogen-bond acceptors (Lipinski definition) is 3. The van der Waals surface area contributed by atoms with Crippen molar-refractivity contribution in [3.63, 3.8) is 0 Å². The smallest absolute Gasteiger partial charge is 0.226 e. The minimum atomic E-state index is 0.0287. The fourth-order valence-corrected chi connectivity index (χ4v) is 2.43. The molecular formula is C16H23NO3. The molecule has 110 valence electrons. The van der Waals surface area contributed by atoms with Gasteiger partial charge >= 0.3 is 0 Å². The van der Waals surface area contributed by atoms with Gasteiger partial charge in [0.05, 0.1) is 19.6 Å². The lowest BCUT2D eigenvalue weighted by molar-refractivity contribution is -0.136. The number of ether oxygens (including phenoxy) is 1.